The number of carbonyl (C=O) groups is 1. The van der Waals surface area contributed by atoms with Crippen LogP contribution in [-0.2, 0) is 14.8 Å². The Morgan fingerprint density at radius 1 is 0.839 bits per heavy atom. The number of hydrogen-bond acceptors (Lipinski definition) is 4. The Kier molecular flexibility index (Phi) is 7.08. The number of anilines is 2. The highest BCUT2D eigenvalue weighted by molar-refractivity contribution is 8.00. The average molecular weight is 455 g/mol. The third-order valence-corrected chi connectivity index (χ3v) is 7.40. The quantitative estimate of drug-likeness (QED) is 0.460. The van der Waals surface area contributed by atoms with E-state index in [-0.39, 0.29) is 16.1 Å². The van der Waals surface area contributed by atoms with Crippen molar-refractivity contribution >= 4 is 39.1 Å². The minimum atomic E-state index is -3.72. The van der Waals surface area contributed by atoms with Gasteiger partial charge < -0.3 is 5.32 Å². The zero-order valence-corrected chi connectivity index (χ0v) is 19.6. The van der Waals surface area contributed by atoms with Crippen LogP contribution in [0, 0.1) is 20.8 Å². The van der Waals surface area contributed by atoms with Gasteiger partial charge >= 0.3 is 0 Å². The molecule has 2 N–H and O–H groups in total. The lowest BCUT2D eigenvalue weighted by molar-refractivity contribution is -0.115. The van der Waals surface area contributed by atoms with Crippen LogP contribution < -0.4 is 10.0 Å². The van der Waals surface area contributed by atoms with Crippen molar-refractivity contribution in [3.05, 3.63) is 83.4 Å². The maximum Gasteiger partial charge on any atom is 0.261 e. The van der Waals surface area contributed by atoms with Crippen LogP contribution in [0.15, 0.2) is 76.5 Å². The van der Waals surface area contributed by atoms with Gasteiger partial charge in [0.05, 0.1) is 10.1 Å². The highest BCUT2D eigenvalue weighted by atomic mass is 32.2. The van der Waals surface area contributed by atoms with Crippen molar-refractivity contribution in [2.45, 2.75) is 42.7 Å². The van der Waals surface area contributed by atoms with Crippen molar-refractivity contribution in [2.75, 3.05) is 10.0 Å². The predicted octanol–water partition coefficient (Wildman–Crippen LogP) is 5.53. The number of carbonyl (C=O) groups excluding carboxylic acids is 1. The molecule has 0 unspecified atom stereocenters. The van der Waals surface area contributed by atoms with Gasteiger partial charge in [-0.15, -0.1) is 11.8 Å². The minimum Gasteiger partial charge on any atom is -0.325 e. The summed E-state index contributed by atoms with van der Waals surface area (Å²) < 4.78 is 27.9. The summed E-state index contributed by atoms with van der Waals surface area (Å²) in [6, 6.07) is 19.6. The third kappa shape index (κ3) is 6.12. The largest absolute Gasteiger partial charge is 0.325 e. The van der Waals surface area contributed by atoms with Gasteiger partial charge in [0.25, 0.3) is 10.0 Å². The SMILES string of the molecule is Cc1ccc(S[C@H](C)C(=O)Nc2ccc(S(=O)(=O)Nc3ccc(C)c(C)c3)cc2)cc1. The molecular formula is C24H26N2O3S2. The number of hydrogen-bond donors (Lipinski definition) is 2. The molecule has 1 amide bonds. The molecule has 0 saturated carbocycles. The van der Waals surface area contributed by atoms with Gasteiger partial charge in [0.1, 0.15) is 0 Å². The van der Waals surface area contributed by atoms with E-state index in [0.717, 1.165) is 16.0 Å². The maximum atomic E-state index is 12.7. The average Bonchev–Trinajstić information content (AvgIpc) is 2.72. The molecule has 1 atom stereocenters. The zero-order chi connectivity index (χ0) is 22.6. The van der Waals surface area contributed by atoms with E-state index in [2.05, 4.69) is 10.0 Å². The van der Waals surface area contributed by atoms with Crippen LogP contribution in [0.2, 0.25) is 0 Å². The topological polar surface area (TPSA) is 75.3 Å². The lowest BCUT2D eigenvalue weighted by Gasteiger charge is -2.13. The molecule has 0 aliphatic heterocycles. The summed E-state index contributed by atoms with van der Waals surface area (Å²) in [7, 11) is -3.72. The van der Waals surface area contributed by atoms with Gasteiger partial charge in [-0.3, -0.25) is 9.52 Å². The van der Waals surface area contributed by atoms with E-state index in [1.807, 2.05) is 58.0 Å². The third-order valence-electron chi connectivity index (χ3n) is 4.89. The van der Waals surface area contributed by atoms with Gasteiger partial charge in [0.2, 0.25) is 5.91 Å². The number of rotatable bonds is 7. The van der Waals surface area contributed by atoms with Gasteiger partial charge in [-0.2, -0.15) is 0 Å². The van der Waals surface area contributed by atoms with Crippen LogP contribution in [0.3, 0.4) is 0 Å². The summed E-state index contributed by atoms with van der Waals surface area (Å²) in [6.45, 7) is 7.77. The van der Waals surface area contributed by atoms with Gasteiger partial charge in [0, 0.05) is 16.3 Å². The van der Waals surface area contributed by atoms with E-state index in [1.165, 1.54) is 29.5 Å². The Labute approximate surface area is 188 Å². The highest BCUT2D eigenvalue weighted by Gasteiger charge is 2.17. The summed E-state index contributed by atoms with van der Waals surface area (Å²) in [5.41, 5.74) is 4.34. The lowest BCUT2D eigenvalue weighted by atomic mass is 10.1. The molecule has 3 aromatic carbocycles. The van der Waals surface area contributed by atoms with Gasteiger partial charge in [-0.1, -0.05) is 23.8 Å². The number of nitrogens with one attached hydrogen (secondary N) is 2. The molecule has 0 aliphatic rings. The van der Waals surface area contributed by atoms with E-state index >= 15 is 0 Å². The molecule has 31 heavy (non-hydrogen) atoms. The maximum absolute atomic E-state index is 12.7. The van der Waals surface area contributed by atoms with E-state index in [9.17, 15) is 13.2 Å². The molecule has 3 rings (SSSR count). The van der Waals surface area contributed by atoms with E-state index in [4.69, 9.17) is 0 Å². The number of benzene rings is 3. The first-order chi connectivity index (χ1) is 14.6. The molecule has 5 nitrogen and oxygen atoms in total. The summed E-state index contributed by atoms with van der Waals surface area (Å²) in [6.07, 6.45) is 0. The first-order valence-electron chi connectivity index (χ1n) is 9.88. The number of aryl methyl sites for hydroxylation is 3. The Balaban J connectivity index is 1.63. The van der Waals surface area contributed by atoms with E-state index in [0.29, 0.717) is 11.4 Å². The second-order valence-corrected chi connectivity index (χ2v) is 10.6. The first-order valence-corrected chi connectivity index (χ1v) is 12.2. The van der Waals surface area contributed by atoms with Gasteiger partial charge in [-0.25, -0.2) is 8.42 Å². The highest BCUT2D eigenvalue weighted by Crippen LogP contribution is 2.25. The molecule has 3 aromatic rings. The summed E-state index contributed by atoms with van der Waals surface area (Å²) in [4.78, 5) is 13.7. The van der Waals surface area contributed by atoms with Crippen LogP contribution >= 0.6 is 11.8 Å². The van der Waals surface area contributed by atoms with Crippen molar-refractivity contribution in [3.8, 4) is 0 Å². The minimum absolute atomic E-state index is 0.130. The van der Waals surface area contributed by atoms with Crippen molar-refractivity contribution < 1.29 is 13.2 Å². The molecular weight excluding hydrogens is 428 g/mol. The molecule has 0 aromatic heterocycles. The van der Waals surface area contributed by atoms with Crippen molar-refractivity contribution in [3.63, 3.8) is 0 Å². The molecule has 0 fully saturated rings. The number of sulfonamides is 1. The van der Waals surface area contributed by atoms with Crippen molar-refractivity contribution in [1.29, 1.82) is 0 Å². The Hall–Kier alpha value is -2.77. The lowest BCUT2D eigenvalue weighted by Crippen LogP contribution is -2.22. The van der Waals surface area contributed by atoms with Crippen molar-refractivity contribution in [1.82, 2.24) is 0 Å². The molecule has 0 aliphatic carbocycles. The predicted molar refractivity (Wildman–Crippen MR) is 128 cm³/mol. The fourth-order valence-corrected chi connectivity index (χ4v) is 4.77. The second-order valence-electron chi connectivity index (χ2n) is 7.49. The zero-order valence-electron chi connectivity index (χ0n) is 18.0. The van der Waals surface area contributed by atoms with Crippen molar-refractivity contribution in [2.24, 2.45) is 0 Å². The first kappa shape index (κ1) is 22.9. The Bertz CT molecular complexity index is 1170. The Morgan fingerprint density at radius 2 is 1.45 bits per heavy atom. The standard InChI is InChI=1S/C24H26N2O3S2/c1-16-5-11-22(12-6-16)30-19(4)24(27)25-20-9-13-23(14-10-20)31(28,29)26-21-8-7-17(2)18(3)15-21/h5-15,19,26H,1-4H3,(H,25,27)/t19-/m1/s1. The fourth-order valence-electron chi connectivity index (χ4n) is 2.85. The summed E-state index contributed by atoms with van der Waals surface area (Å²) in [5.74, 6) is -0.144. The molecule has 0 saturated heterocycles. The number of thioether (sulfide) groups is 1. The van der Waals surface area contributed by atoms with Crippen LogP contribution in [0.5, 0.6) is 0 Å². The van der Waals surface area contributed by atoms with Gasteiger partial charge in [-0.05, 0) is 87.4 Å². The van der Waals surface area contributed by atoms with E-state index < -0.39 is 10.0 Å². The van der Waals surface area contributed by atoms with Crippen LogP contribution in [-0.4, -0.2) is 19.6 Å². The fraction of sp³-hybridized carbons (Fsp3) is 0.208. The molecule has 0 heterocycles. The van der Waals surface area contributed by atoms with Gasteiger partial charge in [0.15, 0.2) is 0 Å². The summed E-state index contributed by atoms with van der Waals surface area (Å²) in [5, 5.41) is 2.55. The van der Waals surface area contributed by atoms with E-state index in [1.54, 1.807) is 24.3 Å². The van der Waals surface area contributed by atoms with Crippen LogP contribution in [0.25, 0.3) is 0 Å². The monoisotopic (exact) mass is 454 g/mol. The molecule has 0 radical (unpaired) electrons. The second kappa shape index (κ2) is 9.58. The molecule has 0 bridgehead atoms. The van der Waals surface area contributed by atoms with Crippen LogP contribution in [0.4, 0.5) is 11.4 Å². The molecule has 0 spiro atoms. The molecule has 7 heteroatoms. The van der Waals surface area contributed by atoms with Crippen LogP contribution in [0.1, 0.15) is 23.6 Å². The number of amides is 1. The normalized spacial score (nSPS) is 12.3. The smallest absolute Gasteiger partial charge is 0.261 e. The Morgan fingerprint density at radius 3 is 2.06 bits per heavy atom. The summed E-state index contributed by atoms with van der Waals surface area (Å²) >= 11 is 1.47. The molecule has 162 valence electrons.